The summed E-state index contributed by atoms with van der Waals surface area (Å²) in [5.74, 6) is -0.586. The van der Waals surface area contributed by atoms with E-state index in [9.17, 15) is 18.4 Å². The molecule has 0 bridgehead atoms. The molecule has 1 N–H and O–H groups in total. The van der Waals surface area contributed by atoms with E-state index in [4.69, 9.17) is 9.47 Å². The fourth-order valence-electron chi connectivity index (χ4n) is 3.50. The predicted molar refractivity (Wildman–Crippen MR) is 130 cm³/mol. The third kappa shape index (κ3) is 5.68. The Morgan fingerprint density at radius 2 is 1.77 bits per heavy atom. The van der Waals surface area contributed by atoms with Crippen molar-refractivity contribution in [3.8, 4) is 11.5 Å². The lowest BCUT2D eigenvalue weighted by molar-refractivity contribution is -0.123. The first-order valence-corrected chi connectivity index (χ1v) is 11.6. The molecule has 0 spiro atoms. The molecule has 1 saturated heterocycles. The summed E-state index contributed by atoms with van der Waals surface area (Å²) in [5.41, 5.74) is 1.49. The minimum atomic E-state index is -0.638. The van der Waals surface area contributed by atoms with E-state index in [1.165, 1.54) is 36.4 Å². The Labute approximate surface area is 209 Å². The van der Waals surface area contributed by atoms with E-state index in [0.29, 0.717) is 33.7 Å². The summed E-state index contributed by atoms with van der Waals surface area (Å²) in [4.78, 5) is 26.2. The minimum absolute atomic E-state index is 0.0444. The molecule has 0 saturated carbocycles. The van der Waals surface area contributed by atoms with Crippen LogP contribution in [0.1, 0.15) is 23.6 Å². The number of amides is 3. The number of hydrogen-bond acceptors (Lipinski definition) is 4. The van der Waals surface area contributed by atoms with Crippen LogP contribution in [0.25, 0.3) is 6.08 Å². The van der Waals surface area contributed by atoms with Crippen LogP contribution in [0, 0.1) is 11.6 Å². The molecule has 1 aliphatic heterocycles. The van der Waals surface area contributed by atoms with Crippen LogP contribution in [0.15, 0.2) is 70.8 Å². The van der Waals surface area contributed by atoms with E-state index in [0.717, 1.165) is 4.90 Å². The fourth-order valence-corrected chi connectivity index (χ4v) is 3.93. The average Bonchev–Trinajstić information content (AvgIpc) is 3.09. The van der Waals surface area contributed by atoms with Crippen LogP contribution < -0.4 is 14.8 Å². The Morgan fingerprint density at radius 3 is 2.51 bits per heavy atom. The second-order valence-electron chi connectivity index (χ2n) is 7.64. The third-order valence-corrected chi connectivity index (χ3v) is 5.88. The van der Waals surface area contributed by atoms with Crippen LogP contribution in [-0.2, 0) is 17.9 Å². The number of nitrogens with zero attached hydrogens (tertiary/aromatic N) is 1. The summed E-state index contributed by atoms with van der Waals surface area (Å²) < 4.78 is 39.6. The van der Waals surface area contributed by atoms with E-state index < -0.39 is 17.8 Å². The zero-order valence-electron chi connectivity index (χ0n) is 18.7. The summed E-state index contributed by atoms with van der Waals surface area (Å²) >= 11 is 3.46. The lowest BCUT2D eigenvalue weighted by Gasteiger charge is -2.14. The Morgan fingerprint density at radius 1 is 1.00 bits per heavy atom. The normalized spacial score (nSPS) is 14.4. The van der Waals surface area contributed by atoms with E-state index in [1.807, 2.05) is 6.92 Å². The average molecular weight is 543 g/mol. The highest BCUT2D eigenvalue weighted by atomic mass is 79.9. The van der Waals surface area contributed by atoms with Gasteiger partial charge in [-0.05, 0) is 54.5 Å². The van der Waals surface area contributed by atoms with Crippen LogP contribution in [0.2, 0.25) is 0 Å². The molecule has 3 aromatic carbocycles. The summed E-state index contributed by atoms with van der Waals surface area (Å²) in [7, 11) is 0. The molecule has 3 aromatic rings. The summed E-state index contributed by atoms with van der Waals surface area (Å²) in [6.07, 6.45) is 1.50. The number of carbonyl (C=O) groups is 2. The minimum Gasteiger partial charge on any atom is -0.490 e. The quantitative estimate of drug-likeness (QED) is 0.288. The van der Waals surface area contributed by atoms with Gasteiger partial charge >= 0.3 is 6.03 Å². The second-order valence-corrected chi connectivity index (χ2v) is 8.50. The number of benzene rings is 3. The van der Waals surface area contributed by atoms with Gasteiger partial charge in [-0.3, -0.25) is 9.69 Å². The van der Waals surface area contributed by atoms with E-state index >= 15 is 0 Å². The molecule has 1 fully saturated rings. The van der Waals surface area contributed by atoms with Gasteiger partial charge in [-0.2, -0.15) is 0 Å². The van der Waals surface area contributed by atoms with Gasteiger partial charge in [-0.25, -0.2) is 13.6 Å². The predicted octanol–water partition coefficient (Wildman–Crippen LogP) is 5.80. The molecule has 9 heteroatoms. The van der Waals surface area contributed by atoms with Crippen molar-refractivity contribution >= 4 is 33.9 Å². The van der Waals surface area contributed by atoms with Gasteiger partial charge in [-0.1, -0.05) is 46.3 Å². The van der Waals surface area contributed by atoms with Gasteiger partial charge in [0.05, 0.1) is 13.2 Å². The van der Waals surface area contributed by atoms with Crippen LogP contribution in [0.3, 0.4) is 0 Å². The maximum atomic E-state index is 14.0. The number of hydrogen-bond donors (Lipinski definition) is 1. The smallest absolute Gasteiger partial charge is 0.329 e. The van der Waals surface area contributed by atoms with E-state index in [2.05, 4.69) is 21.2 Å². The van der Waals surface area contributed by atoms with Crippen molar-refractivity contribution in [2.75, 3.05) is 6.61 Å². The van der Waals surface area contributed by atoms with Gasteiger partial charge in [0.25, 0.3) is 5.91 Å². The number of rotatable bonds is 8. The largest absolute Gasteiger partial charge is 0.490 e. The lowest BCUT2D eigenvalue weighted by Crippen LogP contribution is -2.30. The summed E-state index contributed by atoms with van der Waals surface area (Å²) in [5, 5.41) is 2.53. The van der Waals surface area contributed by atoms with E-state index in [1.54, 1.807) is 30.3 Å². The maximum absolute atomic E-state index is 14.0. The number of carbonyl (C=O) groups excluding carboxylic acids is 2. The number of halogens is 3. The van der Waals surface area contributed by atoms with Gasteiger partial charge < -0.3 is 14.8 Å². The molecule has 0 unspecified atom stereocenters. The van der Waals surface area contributed by atoms with Crippen LogP contribution in [0.5, 0.6) is 11.5 Å². The highest BCUT2D eigenvalue weighted by Gasteiger charge is 2.34. The lowest BCUT2D eigenvalue weighted by atomic mass is 10.1. The van der Waals surface area contributed by atoms with E-state index in [-0.39, 0.29) is 30.2 Å². The third-order valence-electron chi connectivity index (χ3n) is 5.19. The van der Waals surface area contributed by atoms with Crippen molar-refractivity contribution in [3.05, 3.63) is 99.2 Å². The number of urea groups is 1. The summed E-state index contributed by atoms with van der Waals surface area (Å²) in [6.45, 7) is 2.12. The Bertz CT molecular complexity index is 1310. The molecule has 180 valence electrons. The SMILES string of the molecule is CCOc1cc(/C=C2/NC(=O)N(Cc3ccccc3F)C2=O)c(Br)cc1OCc1cccc(F)c1. The van der Waals surface area contributed by atoms with Crippen molar-refractivity contribution in [2.45, 2.75) is 20.1 Å². The van der Waals surface area contributed by atoms with Gasteiger partial charge in [0, 0.05) is 10.0 Å². The zero-order chi connectivity index (χ0) is 24.9. The van der Waals surface area contributed by atoms with Crippen molar-refractivity contribution in [1.29, 1.82) is 0 Å². The van der Waals surface area contributed by atoms with Crippen molar-refractivity contribution in [1.82, 2.24) is 10.2 Å². The van der Waals surface area contributed by atoms with Crippen molar-refractivity contribution in [2.24, 2.45) is 0 Å². The van der Waals surface area contributed by atoms with Crippen LogP contribution in [0.4, 0.5) is 13.6 Å². The van der Waals surface area contributed by atoms with Gasteiger partial charge in [0.15, 0.2) is 11.5 Å². The molecule has 0 atom stereocenters. The Kier molecular flexibility index (Phi) is 7.45. The molecular formula is C26H21BrF2N2O4. The second kappa shape index (κ2) is 10.7. The molecule has 3 amide bonds. The molecule has 1 heterocycles. The Balaban J connectivity index is 1.56. The maximum Gasteiger partial charge on any atom is 0.329 e. The van der Waals surface area contributed by atoms with Crippen LogP contribution >= 0.6 is 15.9 Å². The number of ether oxygens (including phenoxy) is 2. The monoisotopic (exact) mass is 542 g/mol. The molecule has 0 aliphatic carbocycles. The fraction of sp³-hybridized carbons (Fsp3) is 0.154. The molecule has 6 nitrogen and oxygen atoms in total. The molecule has 4 rings (SSSR count). The first-order chi connectivity index (χ1) is 16.9. The number of nitrogens with one attached hydrogen (secondary N) is 1. The highest BCUT2D eigenvalue weighted by Crippen LogP contribution is 2.36. The topological polar surface area (TPSA) is 67.9 Å². The molecule has 0 radical (unpaired) electrons. The van der Waals surface area contributed by atoms with Crippen molar-refractivity contribution < 1.29 is 27.8 Å². The van der Waals surface area contributed by atoms with Gasteiger partial charge in [0.2, 0.25) is 0 Å². The van der Waals surface area contributed by atoms with Gasteiger partial charge in [-0.15, -0.1) is 0 Å². The number of imide groups is 1. The van der Waals surface area contributed by atoms with Gasteiger partial charge in [0.1, 0.15) is 23.9 Å². The zero-order valence-corrected chi connectivity index (χ0v) is 20.3. The first-order valence-electron chi connectivity index (χ1n) is 10.8. The van der Waals surface area contributed by atoms with Crippen LogP contribution in [-0.4, -0.2) is 23.4 Å². The van der Waals surface area contributed by atoms with Crippen molar-refractivity contribution in [3.63, 3.8) is 0 Å². The molecule has 1 aliphatic rings. The molecule has 0 aromatic heterocycles. The first kappa shape index (κ1) is 24.4. The highest BCUT2D eigenvalue weighted by molar-refractivity contribution is 9.10. The molecular weight excluding hydrogens is 522 g/mol. The Hall–Kier alpha value is -3.72. The standard InChI is InChI=1S/C26H21BrF2N2O4/c1-2-34-23-12-18(20(27)13-24(23)35-15-16-6-5-8-19(28)10-16)11-22-25(32)31(26(33)30-22)14-17-7-3-4-9-21(17)29/h3-13H,2,14-15H2,1H3,(H,30,33)/b22-11+. The molecule has 35 heavy (non-hydrogen) atoms. The summed E-state index contributed by atoms with van der Waals surface area (Å²) in [6, 6.07) is 14.8.